The molecule has 1 aliphatic rings. The zero-order valence-corrected chi connectivity index (χ0v) is 4.13. The van der Waals surface area contributed by atoms with Gasteiger partial charge in [0.2, 0.25) is 0 Å². The van der Waals surface area contributed by atoms with Gasteiger partial charge in [0.1, 0.15) is 0 Å². The fourth-order valence-corrected chi connectivity index (χ4v) is 0.495. The summed E-state index contributed by atoms with van der Waals surface area (Å²) in [5.74, 6) is 0. The van der Waals surface area contributed by atoms with Gasteiger partial charge in [0, 0.05) is 0 Å². The molecule has 1 saturated heterocycles. The molecular formula is C4H8O3+. The van der Waals surface area contributed by atoms with E-state index in [1.165, 1.54) is 0 Å². The van der Waals surface area contributed by atoms with E-state index in [0.717, 1.165) is 0 Å². The van der Waals surface area contributed by atoms with Gasteiger partial charge in [-0.05, 0) is 6.92 Å². The Morgan fingerprint density at radius 3 is 2.57 bits per heavy atom. The first kappa shape index (κ1) is 5.03. The third-order valence-electron chi connectivity index (χ3n) is 0.822. The van der Waals surface area contributed by atoms with Crippen molar-refractivity contribution in [3.63, 3.8) is 0 Å². The highest BCUT2D eigenvalue weighted by Gasteiger charge is 2.26. The molecule has 3 heteroatoms. The Balaban J connectivity index is 2.26. The lowest BCUT2D eigenvalue weighted by atomic mass is 10.5. The number of aliphatic hydroxyl groups is 1. The molecule has 1 radical (unpaired) electrons. The van der Waals surface area contributed by atoms with Gasteiger partial charge in [-0.25, -0.2) is 0 Å². The van der Waals surface area contributed by atoms with Crippen molar-refractivity contribution in [2.45, 2.75) is 19.5 Å². The van der Waals surface area contributed by atoms with Crippen LogP contribution in [0.3, 0.4) is 0 Å². The van der Waals surface area contributed by atoms with E-state index in [4.69, 9.17) is 9.84 Å². The molecule has 0 aromatic heterocycles. The lowest BCUT2D eigenvalue weighted by Crippen LogP contribution is -2.06. The molecule has 1 rings (SSSR count). The smallest absolute Gasteiger partial charge is 0.279 e. The Morgan fingerprint density at radius 1 is 1.71 bits per heavy atom. The van der Waals surface area contributed by atoms with Crippen molar-refractivity contribution in [2.24, 2.45) is 0 Å². The van der Waals surface area contributed by atoms with Crippen LogP contribution < -0.4 is 0 Å². The minimum atomic E-state index is -0.977. The quantitative estimate of drug-likeness (QED) is 0.396. The Morgan fingerprint density at radius 2 is 2.43 bits per heavy atom. The van der Waals surface area contributed by atoms with E-state index < -0.39 is 6.48 Å². The highest BCUT2D eigenvalue weighted by molar-refractivity contribution is 4.50. The fraction of sp³-hybridized carbons (Fsp3) is 1.00. The SMILES string of the molecule is CC1COC([OH+])O1. The average molecular weight is 104 g/mol. The Bertz CT molecular complexity index is 56.0. The predicted octanol–water partition coefficient (Wildman–Crippen LogP) is -0.302. The lowest BCUT2D eigenvalue weighted by molar-refractivity contribution is -0.202. The predicted molar refractivity (Wildman–Crippen MR) is 22.5 cm³/mol. The van der Waals surface area contributed by atoms with Crippen LogP contribution in [0.25, 0.3) is 0 Å². The number of aliphatic hydroxyl groups excluding tert-OH is 1. The van der Waals surface area contributed by atoms with Gasteiger partial charge in [0.15, 0.2) is 0 Å². The van der Waals surface area contributed by atoms with Crippen molar-refractivity contribution in [1.82, 2.24) is 0 Å². The molecular weight excluding hydrogens is 96.0 g/mol. The molecule has 7 heavy (non-hydrogen) atoms. The largest absolute Gasteiger partial charge is 0.455 e. The van der Waals surface area contributed by atoms with Crippen LogP contribution in [0.2, 0.25) is 0 Å². The maximum atomic E-state index is 8.46. The number of hydrogen-bond donors (Lipinski definition) is 0. The molecule has 1 aliphatic heterocycles. The first-order chi connectivity index (χ1) is 3.29. The van der Waals surface area contributed by atoms with Crippen LogP contribution >= 0.6 is 0 Å². The minimum absolute atomic E-state index is 0.0509. The van der Waals surface area contributed by atoms with Gasteiger partial charge < -0.3 is 0 Å². The van der Waals surface area contributed by atoms with Crippen molar-refractivity contribution in [3.05, 3.63) is 0 Å². The second-order valence-corrected chi connectivity index (χ2v) is 1.59. The Labute approximate surface area is 41.8 Å². The average Bonchev–Trinajstić information content (AvgIpc) is 1.87. The third-order valence-corrected chi connectivity index (χ3v) is 0.822. The van der Waals surface area contributed by atoms with Crippen LogP contribution in [-0.4, -0.2) is 24.3 Å². The van der Waals surface area contributed by atoms with Gasteiger partial charge >= 0.3 is 6.48 Å². The van der Waals surface area contributed by atoms with E-state index in [1.807, 2.05) is 6.92 Å². The molecule has 41 valence electrons. The Hall–Kier alpha value is -0.120. The van der Waals surface area contributed by atoms with Crippen LogP contribution in [0.4, 0.5) is 0 Å². The standard InChI is InChI=1S/C4H8O3/c1-3-2-6-4(5)7-3/h3-5H,2H2,1H3/q+1. The molecule has 2 unspecified atom stereocenters. The van der Waals surface area contributed by atoms with Gasteiger partial charge in [-0.15, -0.1) is 5.11 Å². The summed E-state index contributed by atoms with van der Waals surface area (Å²) < 4.78 is 9.29. The summed E-state index contributed by atoms with van der Waals surface area (Å²) in [5.41, 5.74) is 0. The molecule has 1 N–H and O–H groups in total. The van der Waals surface area contributed by atoms with Crippen LogP contribution in [0.1, 0.15) is 6.92 Å². The zero-order chi connectivity index (χ0) is 5.28. The summed E-state index contributed by atoms with van der Waals surface area (Å²) in [7, 11) is 0. The summed E-state index contributed by atoms with van der Waals surface area (Å²) in [5, 5.41) is 8.46. The second kappa shape index (κ2) is 1.78. The summed E-state index contributed by atoms with van der Waals surface area (Å²) in [6, 6.07) is 0. The highest BCUT2D eigenvalue weighted by atomic mass is 16.8. The summed E-state index contributed by atoms with van der Waals surface area (Å²) in [4.78, 5) is 0. The van der Waals surface area contributed by atoms with E-state index in [-0.39, 0.29) is 6.10 Å². The van der Waals surface area contributed by atoms with E-state index in [9.17, 15) is 0 Å². The summed E-state index contributed by atoms with van der Waals surface area (Å²) in [6.45, 7) is 1.37. The first-order valence-electron chi connectivity index (χ1n) is 2.24. The van der Waals surface area contributed by atoms with E-state index >= 15 is 0 Å². The Kier molecular flexibility index (Phi) is 1.27. The monoisotopic (exact) mass is 104 g/mol. The maximum Gasteiger partial charge on any atom is 0.455 e. The zero-order valence-electron chi connectivity index (χ0n) is 4.13. The van der Waals surface area contributed by atoms with E-state index in [2.05, 4.69) is 4.74 Å². The van der Waals surface area contributed by atoms with Crippen LogP contribution in [0.5, 0.6) is 0 Å². The topological polar surface area (TPSA) is 39.9 Å². The van der Waals surface area contributed by atoms with Crippen molar-refractivity contribution < 1.29 is 14.6 Å². The van der Waals surface area contributed by atoms with E-state index in [0.29, 0.717) is 6.61 Å². The molecule has 0 spiro atoms. The van der Waals surface area contributed by atoms with Gasteiger partial charge in [0.05, 0.1) is 12.7 Å². The summed E-state index contributed by atoms with van der Waals surface area (Å²) >= 11 is 0. The van der Waals surface area contributed by atoms with Crippen LogP contribution in [0, 0.1) is 0 Å². The molecule has 0 bridgehead atoms. The van der Waals surface area contributed by atoms with Crippen molar-refractivity contribution in [2.75, 3.05) is 6.61 Å². The van der Waals surface area contributed by atoms with Gasteiger partial charge in [-0.1, -0.05) is 0 Å². The minimum Gasteiger partial charge on any atom is -0.279 e. The lowest BCUT2D eigenvalue weighted by Gasteiger charge is -1.90. The molecule has 1 heterocycles. The maximum absolute atomic E-state index is 8.46. The molecule has 0 amide bonds. The van der Waals surface area contributed by atoms with Gasteiger partial charge in [-0.3, -0.25) is 9.47 Å². The third kappa shape index (κ3) is 1.12. The van der Waals surface area contributed by atoms with Crippen molar-refractivity contribution >= 4 is 0 Å². The molecule has 0 aliphatic carbocycles. The molecule has 0 saturated carbocycles. The first-order valence-corrected chi connectivity index (χ1v) is 2.24. The van der Waals surface area contributed by atoms with Gasteiger partial charge in [0.25, 0.3) is 0 Å². The number of rotatable bonds is 0. The highest BCUT2D eigenvalue weighted by Crippen LogP contribution is 2.06. The van der Waals surface area contributed by atoms with Gasteiger partial charge in [-0.2, -0.15) is 0 Å². The molecule has 3 nitrogen and oxygen atoms in total. The molecule has 0 aromatic rings. The van der Waals surface area contributed by atoms with Crippen molar-refractivity contribution in [3.8, 4) is 0 Å². The van der Waals surface area contributed by atoms with E-state index in [1.54, 1.807) is 0 Å². The number of hydrogen-bond acceptors (Lipinski definition) is 3. The molecule has 1 fully saturated rings. The molecule has 2 atom stereocenters. The van der Waals surface area contributed by atoms with Crippen LogP contribution in [-0.2, 0) is 9.47 Å². The number of ether oxygens (including phenoxy) is 2. The molecule has 0 aromatic carbocycles. The normalized spacial score (nSPS) is 42.0. The summed E-state index contributed by atoms with van der Waals surface area (Å²) in [6.07, 6.45) is 0.0509. The van der Waals surface area contributed by atoms with Crippen molar-refractivity contribution in [1.29, 1.82) is 0 Å². The fourth-order valence-electron chi connectivity index (χ4n) is 0.495. The second-order valence-electron chi connectivity index (χ2n) is 1.59. The van der Waals surface area contributed by atoms with Crippen LogP contribution in [0.15, 0.2) is 0 Å².